The van der Waals surface area contributed by atoms with Crippen molar-refractivity contribution in [3.05, 3.63) is 49.8 Å². The number of aryl methyl sites for hydroxylation is 1. The van der Waals surface area contributed by atoms with Crippen molar-refractivity contribution in [3.63, 3.8) is 0 Å². The van der Waals surface area contributed by atoms with E-state index in [1.54, 1.807) is 6.08 Å². The van der Waals surface area contributed by atoms with Crippen LogP contribution in [0.15, 0.2) is 58.7 Å². The van der Waals surface area contributed by atoms with E-state index in [9.17, 15) is 4.79 Å². The van der Waals surface area contributed by atoms with Crippen LogP contribution in [0.25, 0.3) is 11.2 Å². The van der Waals surface area contributed by atoms with Crippen LogP contribution < -0.4 is 4.90 Å². The fourth-order valence-electron chi connectivity index (χ4n) is 3.26. The van der Waals surface area contributed by atoms with Crippen LogP contribution in [0.2, 0.25) is 0 Å². The molecule has 1 aliphatic heterocycles. The van der Waals surface area contributed by atoms with Crippen molar-refractivity contribution in [2.24, 2.45) is 10.3 Å². The molecule has 3 rings (SSSR count). The molecule has 2 aromatic rings. The Morgan fingerprint density at radius 2 is 2.09 bits per heavy atom. The molecule has 1 saturated heterocycles. The molecule has 0 unspecified atom stereocenters. The van der Waals surface area contributed by atoms with Gasteiger partial charge in [-0.3, -0.25) is 9.63 Å². The van der Waals surface area contributed by atoms with E-state index in [1.165, 1.54) is 17.6 Å². The average molecular weight is 455 g/mol. The summed E-state index contributed by atoms with van der Waals surface area (Å²) in [6, 6.07) is 0. The monoisotopic (exact) mass is 454 g/mol. The Hall–Kier alpha value is -3.60. The van der Waals surface area contributed by atoms with Crippen LogP contribution >= 0.6 is 0 Å². The third kappa shape index (κ3) is 6.22. The lowest BCUT2D eigenvalue weighted by Crippen LogP contribution is -2.49. The molecule has 33 heavy (non-hydrogen) atoms. The molecule has 0 bridgehead atoms. The quantitative estimate of drug-likeness (QED) is 0.158. The van der Waals surface area contributed by atoms with Gasteiger partial charge in [-0.15, -0.1) is 11.8 Å². The smallest absolute Gasteiger partial charge is 0.252 e. The molecule has 1 amide bonds. The summed E-state index contributed by atoms with van der Waals surface area (Å²) in [4.78, 5) is 35.3. The lowest BCUT2D eigenvalue weighted by Gasteiger charge is -2.35. The van der Waals surface area contributed by atoms with Crippen molar-refractivity contribution in [3.8, 4) is 0 Å². The van der Waals surface area contributed by atoms with E-state index in [4.69, 9.17) is 9.25 Å². The summed E-state index contributed by atoms with van der Waals surface area (Å²) in [7, 11) is 0. The van der Waals surface area contributed by atoms with Crippen LogP contribution in [0.4, 0.5) is 5.82 Å². The molecule has 0 radical (unpaired) electrons. The highest BCUT2D eigenvalue weighted by molar-refractivity contribution is 5.82. The predicted molar refractivity (Wildman–Crippen MR) is 124 cm³/mol. The maximum Gasteiger partial charge on any atom is 0.252 e. The second-order valence-corrected chi connectivity index (χ2v) is 7.29. The number of fused-ring (bicyclic) bond motifs is 1. The van der Waals surface area contributed by atoms with Crippen molar-refractivity contribution in [2.45, 2.75) is 26.2 Å². The number of nitrogens with zero attached hydrogens (tertiary/aromatic N) is 8. The molecule has 11 heteroatoms. The molecule has 0 aliphatic carbocycles. The van der Waals surface area contributed by atoms with Gasteiger partial charge in [0.05, 0.1) is 18.8 Å². The number of carbonyl (C=O) groups excluding carboxylic acids is 1. The van der Waals surface area contributed by atoms with Gasteiger partial charge in [-0.2, -0.15) is 10.1 Å². The lowest BCUT2D eigenvalue weighted by molar-refractivity contribution is -0.141. The number of hydroxylamine groups is 1. The number of allylic oxidation sites excluding steroid dienone is 1. The molecule has 0 saturated carbocycles. The normalized spacial score (nSPS) is 14.1. The van der Waals surface area contributed by atoms with Crippen LogP contribution in [-0.2, 0) is 16.1 Å². The molecule has 1 fully saturated rings. The first-order valence-corrected chi connectivity index (χ1v) is 10.9. The van der Waals surface area contributed by atoms with Crippen molar-refractivity contribution in [1.82, 2.24) is 25.0 Å². The van der Waals surface area contributed by atoms with E-state index in [0.717, 1.165) is 5.82 Å². The zero-order chi connectivity index (χ0) is 23.6. The Balaban J connectivity index is 1.46. The van der Waals surface area contributed by atoms with Gasteiger partial charge in [0.15, 0.2) is 17.2 Å². The number of piperazine rings is 1. The van der Waals surface area contributed by atoms with Gasteiger partial charge in [-0.05, 0) is 17.7 Å². The van der Waals surface area contributed by atoms with Gasteiger partial charge in [0.2, 0.25) is 5.91 Å². The van der Waals surface area contributed by atoms with Crippen LogP contribution in [0.3, 0.4) is 0 Å². The Morgan fingerprint density at radius 1 is 1.30 bits per heavy atom. The molecule has 2 aromatic heterocycles. The predicted octanol–water partition coefficient (Wildman–Crippen LogP) is 3.10. The standard InChI is InChI=1S/C22H30N8O3/c1-5-10-25-27-30(17(4)6-2)32-15-8-9-19(31)28-11-13-29(14-12-28)21-20-22(24-16-23-21)33-18(7-3)26-20/h5-6,16H,1-2,4,7-15H2,3H3. The van der Waals surface area contributed by atoms with Gasteiger partial charge < -0.3 is 14.2 Å². The Bertz CT molecular complexity index is 1010. The second kappa shape index (κ2) is 11.9. The lowest BCUT2D eigenvalue weighted by atomic mass is 10.2. The highest BCUT2D eigenvalue weighted by Gasteiger charge is 2.24. The minimum Gasteiger partial charge on any atom is -0.422 e. The number of carbonyl (C=O) groups is 1. The van der Waals surface area contributed by atoms with Gasteiger partial charge in [-0.25, -0.2) is 9.97 Å². The molecule has 0 spiro atoms. The number of anilines is 1. The Morgan fingerprint density at radius 3 is 2.79 bits per heavy atom. The molecular weight excluding hydrogens is 424 g/mol. The van der Waals surface area contributed by atoms with Crippen LogP contribution in [0, 0.1) is 0 Å². The molecule has 11 nitrogen and oxygen atoms in total. The van der Waals surface area contributed by atoms with E-state index in [0.29, 0.717) is 81.4 Å². The van der Waals surface area contributed by atoms with Crippen LogP contribution in [0.1, 0.15) is 25.7 Å². The third-order valence-corrected chi connectivity index (χ3v) is 5.04. The maximum absolute atomic E-state index is 12.6. The summed E-state index contributed by atoms with van der Waals surface area (Å²) in [5, 5.41) is 9.04. The fraction of sp³-hybridized carbons (Fsp3) is 0.455. The minimum atomic E-state index is 0.0863. The number of oxazole rings is 1. The highest BCUT2D eigenvalue weighted by Crippen LogP contribution is 2.24. The topological polar surface area (TPSA) is 113 Å². The van der Waals surface area contributed by atoms with Crippen LogP contribution in [-0.4, -0.2) is 70.3 Å². The highest BCUT2D eigenvalue weighted by atomic mass is 16.7. The SMILES string of the molecule is C=CCN=NN(OCCCC(=O)N1CCN(c2ncnc3oc(CC)nc23)CC1)C(=C)C=C. The summed E-state index contributed by atoms with van der Waals surface area (Å²) in [6.07, 6.45) is 6.24. The Labute approximate surface area is 193 Å². The van der Waals surface area contributed by atoms with E-state index in [-0.39, 0.29) is 5.91 Å². The molecule has 0 N–H and O–H groups in total. The molecule has 0 aromatic carbocycles. The maximum atomic E-state index is 12.6. The van der Waals surface area contributed by atoms with Crippen LogP contribution in [0.5, 0.6) is 0 Å². The van der Waals surface area contributed by atoms with Crippen molar-refractivity contribution >= 4 is 23.0 Å². The average Bonchev–Trinajstić information content (AvgIpc) is 3.28. The molecular formula is C22H30N8O3. The minimum absolute atomic E-state index is 0.0863. The first kappa shape index (κ1) is 24.1. The Kier molecular flexibility index (Phi) is 8.64. The van der Waals surface area contributed by atoms with Gasteiger partial charge >= 0.3 is 0 Å². The summed E-state index contributed by atoms with van der Waals surface area (Å²) in [6.45, 7) is 16.2. The first-order valence-electron chi connectivity index (χ1n) is 10.9. The van der Waals surface area contributed by atoms with Crippen molar-refractivity contribution in [2.75, 3.05) is 44.2 Å². The molecule has 0 atom stereocenters. The largest absolute Gasteiger partial charge is 0.422 e. The zero-order valence-electron chi connectivity index (χ0n) is 19.0. The van der Waals surface area contributed by atoms with E-state index < -0.39 is 0 Å². The van der Waals surface area contributed by atoms with Gasteiger partial charge in [0.1, 0.15) is 6.33 Å². The molecule has 3 heterocycles. The number of hydrogen-bond donors (Lipinski definition) is 0. The fourth-order valence-corrected chi connectivity index (χ4v) is 3.26. The van der Waals surface area contributed by atoms with E-state index in [2.05, 4.69) is 49.9 Å². The van der Waals surface area contributed by atoms with E-state index in [1.807, 2.05) is 11.8 Å². The number of hydrogen-bond acceptors (Lipinski definition) is 9. The zero-order valence-corrected chi connectivity index (χ0v) is 19.0. The number of rotatable bonds is 12. The third-order valence-electron chi connectivity index (χ3n) is 5.04. The molecule has 176 valence electrons. The van der Waals surface area contributed by atoms with Gasteiger partial charge in [0, 0.05) is 39.0 Å². The van der Waals surface area contributed by atoms with Crippen molar-refractivity contribution in [1.29, 1.82) is 0 Å². The van der Waals surface area contributed by atoms with Gasteiger partial charge in [-0.1, -0.05) is 26.2 Å². The molecule has 1 aliphatic rings. The first-order chi connectivity index (χ1) is 16.1. The summed E-state index contributed by atoms with van der Waals surface area (Å²) in [5.74, 6) is 1.47. The summed E-state index contributed by atoms with van der Waals surface area (Å²) >= 11 is 0. The van der Waals surface area contributed by atoms with E-state index >= 15 is 0 Å². The van der Waals surface area contributed by atoms with Gasteiger partial charge in [0.25, 0.3) is 5.71 Å². The summed E-state index contributed by atoms with van der Waals surface area (Å²) in [5.41, 5.74) is 1.62. The number of amides is 1. The second-order valence-electron chi connectivity index (χ2n) is 7.29. The van der Waals surface area contributed by atoms with Crippen molar-refractivity contribution < 1.29 is 14.0 Å². The summed E-state index contributed by atoms with van der Waals surface area (Å²) < 4.78 is 5.63. The number of aromatic nitrogens is 3.